The first-order valence-electron chi connectivity index (χ1n) is 12.5. The SMILES string of the molecule is C=Cc1nn(PI)c2cc(F)c(-c3cn[nH]c3OC(C)CN(CC)C(=O)OC(C)(C)C)cc12.CC.CC. The first kappa shape index (κ1) is 32.8. The molecule has 206 valence electrons. The van der Waals surface area contributed by atoms with Gasteiger partial charge in [0, 0.05) is 23.6 Å². The van der Waals surface area contributed by atoms with Crippen molar-refractivity contribution in [1.29, 1.82) is 0 Å². The molecule has 37 heavy (non-hydrogen) atoms. The fraction of sp³-hybridized carbons (Fsp3) is 0.500. The molecule has 0 aliphatic rings. The average Bonchev–Trinajstić information content (AvgIpc) is 3.46. The summed E-state index contributed by atoms with van der Waals surface area (Å²) < 4.78 is 28.4. The summed E-state index contributed by atoms with van der Waals surface area (Å²) in [5.41, 5.74) is 1.63. The van der Waals surface area contributed by atoms with E-state index in [4.69, 9.17) is 9.47 Å². The van der Waals surface area contributed by atoms with Gasteiger partial charge >= 0.3 is 6.09 Å². The van der Waals surface area contributed by atoms with Crippen molar-refractivity contribution >= 4 is 51.5 Å². The molecule has 2 unspecified atom stereocenters. The van der Waals surface area contributed by atoms with Gasteiger partial charge in [-0.05, 0) is 68.8 Å². The molecule has 0 saturated carbocycles. The first-order valence-corrected chi connectivity index (χ1v) is 16.5. The second kappa shape index (κ2) is 15.3. The van der Waals surface area contributed by atoms with Crippen LogP contribution in [0.4, 0.5) is 9.18 Å². The summed E-state index contributed by atoms with van der Waals surface area (Å²) >= 11 is 2.20. The number of aromatic amines is 1. The highest BCUT2D eigenvalue weighted by atomic mass is 127. The number of fused-ring (bicyclic) bond motifs is 1. The number of H-pyrrole nitrogens is 1. The van der Waals surface area contributed by atoms with Gasteiger partial charge in [0.2, 0.25) is 5.88 Å². The van der Waals surface area contributed by atoms with Gasteiger partial charge in [-0.15, -0.1) is 0 Å². The van der Waals surface area contributed by atoms with Gasteiger partial charge in [-0.2, -0.15) is 10.2 Å². The molecule has 3 rings (SSSR count). The predicted molar refractivity (Wildman–Crippen MR) is 161 cm³/mol. The normalized spacial score (nSPS) is 11.9. The lowest BCUT2D eigenvalue weighted by Crippen LogP contribution is -2.41. The van der Waals surface area contributed by atoms with Crippen LogP contribution in [0.25, 0.3) is 28.1 Å². The summed E-state index contributed by atoms with van der Waals surface area (Å²) in [5, 5.41) is 12.1. The molecule has 0 spiro atoms. The average molecular weight is 648 g/mol. The van der Waals surface area contributed by atoms with Crippen LogP contribution in [0.1, 0.15) is 68.0 Å². The van der Waals surface area contributed by atoms with Gasteiger partial charge in [-0.25, -0.2) is 18.7 Å². The van der Waals surface area contributed by atoms with E-state index in [0.717, 1.165) is 5.39 Å². The number of nitrogens with one attached hydrogen (secondary N) is 1. The molecule has 0 aliphatic carbocycles. The highest BCUT2D eigenvalue weighted by Gasteiger charge is 2.24. The minimum atomic E-state index is -0.586. The number of hydrogen-bond acceptors (Lipinski definition) is 5. The number of aromatic nitrogens is 4. The molecule has 0 saturated heterocycles. The van der Waals surface area contributed by atoms with Gasteiger partial charge in [0.25, 0.3) is 0 Å². The summed E-state index contributed by atoms with van der Waals surface area (Å²) in [6.45, 7) is 21.8. The van der Waals surface area contributed by atoms with Crippen LogP contribution in [0.5, 0.6) is 5.88 Å². The van der Waals surface area contributed by atoms with Gasteiger partial charge in [-0.3, -0.25) is 0 Å². The Morgan fingerprint density at radius 1 is 1.30 bits per heavy atom. The van der Waals surface area contributed by atoms with E-state index in [1.54, 1.807) is 21.5 Å². The number of nitrogens with zero attached hydrogens (tertiary/aromatic N) is 4. The summed E-state index contributed by atoms with van der Waals surface area (Å²) in [5.74, 6) is -0.0824. The molecule has 0 bridgehead atoms. The third-order valence-corrected chi connectivity index (χ3v) is 6.67. The molecule has 3 aromatic rings. The number of carbonyl (C=O) groups is 1. The lowest BCUT2D eigenvalue weighted by Gasteiger charge is -2.28. The summed E-state index contributed by atoms with van der Waals surface area (Å²) in [7, 11) is 0. The number of benzene rings is 1. The highest BCUT2D eigenvalue weighted by molar-refractivity contribution is 14.2. The number of amides is 1. The number of likely N-dealkylation sites (N-methyl/N-ethyl adjacent to an activating group) is 1. The largest absolute Gasteiger partial charge is 0.473 e. The Bertz CT molecular complexity index is 1160. The molecule has 11 heteroatoms. The maximum Gasteiger partial charge on any atom is 0.410 e. The van der Waals surface area contributed by atoms with E-state index >= 15 is 4.39 Å². The maximum absolute atomic E-state index is 15.1. The fourth-order valence-corrected chi connectivity index (χ4v) is 4.87. The molecule has 0 fully saturated rings. The second-order valence-corrected chi connectivity index (χ2v) is 10.5. The molecule has 8 nitrogen and oxygen atoms in total. The number of halogens is 2. The van der Waals surface area contributed by atoms with E-state index in [1.807, 2.05) is 62.3 Å². The molecule has 2 aromatic heterocycles. The highest BCUT2D eigenvalue weighted by Crippen LogP contribution is 2.37. The second-order valence-electron chi connectivity index (χ2n) is 8.50. The van der Waals surface area contributed by atoms with E-state index in [0.29, 0.717) is 47.7 Å². The molecule has 2 heterocycles. The number of ether oxygens (including phenoxy) is 2. The molecule has 1 amide bonds. The van der Waals surface area contributed by atoms with Crippen LogP contribution in [0, 0.1) is 5.82 Å². The molecule has 1 N–H and O–H groups in total. The number of carbonyl (C=O) groups excluding carboxylic acids is 1. The van der Waals surface area contributed by atoms with Crippen molar-refractivity contribution < 1.29 is 18.7 Å². The minimum Gasteiger partial charge on any atom is -0.473 e. The fourth-order valence-electron chi connectivity index (χ4n) is 3.34. The minimum absolute atomic E-state index is 0.301. The van der Waals surface area contributed by atoms with E-state index in [2.05, 4.69) is 43.9 Å². The van der Waals surface area contributed by atoms with Crippen molar-refractivity contribution in [1.82, 2.24) is 24.6 Å². The van der Waals surface area contributed by atoms with E-state index in [9.17, 15) is 4.79 Å². The molecule has 1 aromatic carbocycles. The Labute approximate surface area is 234 Å². The van der Waals surface area contributed by atoms with Crippen molar-refractivity contribution in [3.05, 3.63) is 36.4 Å². The van der Waals surface area contributed by atoms with Crippen LogP contribution >= 0.6 is 28.4 Å². The van der Waals surface area contributed by atoms with E-state index < -0.39 is 23.6 Å². The van der Waals surface area contributed by atoms with Crippen molar-refractivity contribution in [2.45, 2.75) is 74.0 Å². The van der Waals surface area contributed by atoms with Crippen molar-refractivity contribution in [3.63, 3.8) is 0 Å². The Hall–Kier alpha value is -2.20. The quantitative estimate of drug-likeness (QED) is 0.198. The maximum atomic E-state index is 15.1. The van der Waals surface area contributed by atoms with E-state index in [1.165, 1.54) is 12.3 Å². The van der Waals surface area contributed by atoms with Crippen LogP contribution in [-0.4, -0.2) is 55.5 Å². The number of hydrogen-bond donors (Lipinski definition) is 1. The topological polar surface area (TPSA) is 85.3 Å². The van der Waals surface area contributed by atoms with Crippen LogP contribution in [0.2, 0.25) is 0 Å². The van der Waals surface area contributed by atoms with Gasteiger partial charge < -0.3 is 14.4 Å². The van der Waals surface area contributed by atoms with Gasteiger partial charge in [0.15, 0.2) is 0 Å². The first-order chi connectivity index (χ1) is 17.6. The molecule has 0 radical (unpaired) electrons. The zero-order valence-corrected chi connectivity index (χ0v) is 26.4. The Balaban J connectivity index is 0.00000163. The van der Waals surface area contributed by atoms with Gasteiger partial charge in [0.05, 0.1) is 35.9 Å². The molecule has 2 atom stereocenters. The van der Waals surface area contributed by atoms with Crippen molar-refractivity contribution in [2.24, 2.45) is 0 Å². The standard InChI is InChI=1S/C22H28FIN5O3P.2C2H6/c1-7-18-15-9-14(17(23)10-19(15)29(27-18)33-24)16-11-25-26-20(16)31-13(3)12-28(8-2)21(30)32-22(4,5)6;2*1-2/h7,9-11,13,33H,1,8,12H2,2-6H3,(H,25,26);2*1-2H3. The summed E-state index contributed by atoms with van der Waals surface area (Å²) in [4.78, 5) is 14.0. The van der Waals surface area contributed by atoms with Gasteiger partial charge in [0.1, 0.15) is 17.5 Å². The zero-order chi connectivity index (χ0) is 28.3. The van der Waals surface area contributed by atoms with Gasteiger partial charge in [-0.1, -0.05) is 34.3 Å². The Kier molecular flexibility index (Phi) is 13.5. The lowest BCUT2D eigenvalue weighted by atomic mass is 10.0. The predicted octanol–water partition coefficient (Wildman–Crippen LogP) is 8.08. The Morgan fingerprint density at radius 2 is 1.95 bits per heavy atom. The Morgan fingerprint density at radius 3 is 2.49 bits per heavy atom. The summed E-state index contributed by atoms with van der Waals surface area (Å²) in [6.07, 6.45) is 2.71. The van der Waals surface area contributed by atoms with Crippen LogP contribution in [0.3, 0.4) is 0 Å². The zero-order valence-electron chi connectivity index (χ0n) is 23.3. The third-order valence-electron chi connectivity index (χ3n) is 4.80. The third kappa shape index (κ3) is 8.67. The van der Waals surface area contributed by atoms with E-state index in [-0.39, 0.29) is 0 Å². The van der Waals surface area contributed by atoms with Crippen molar-refractivity contribution in [3.8, 4) is 17.0 Å². The lowest BCUT2D eigenvalue weighted by molar-refractivity contribution is 0.0190. The smallest absolute Gasteiger partial charge is 0.410 e. The monoisotopic (exact) mass is 647 g/mol. The van der Waals surface area contributed by atoms with Crippen molar-refractivity contribution in [2.75, 3.05) is 13.1 Å². The molecular formula is C26H40FIN5O3P. The molecular weight excluding hydrogens is 607 g/mol. The van der Waals surface area contributed by atoms with Crippen LogP contribution < -0.4 is 4.74 Å². The van der Waals surface area contributed by atoms with Crippen LogP contribution in [-0.2, 0) is 4.74 Å². The van der Waals surface area contributed by atoms with Crippen LogP contribution in [0.15, 0.2) is 24.9 Å². The summed E-state index contributed by atoms with van der Waals surface area (Å²) in [6, 6.07) is 3.21. The molecule has 0 aliphatic heterocycles. The number of rotatable bonds is 8.